The van der Waals surface area contributed by atoms with E-state index in [1.54, 1.807) is 0 Å². The van der Waals surface area contributed by atoms with Gasteiger partial charge < -0.3 is 20.3 Å². The van der Waals surface area contributed by atoms with Gasteiger partial charge in [-0.1, -0.05) is 24.3 Å². The van der Waals surface area contributed by atoms with Gasteiger partial charge in [-0.15, -0.1) is 24.0 Å². The molecule has 2 rings (SSSR count). The number of hydrogen-bond acceptors (Lipinski definition) is 3. The molecule has 142 valence electrons. The first kappa shape index (κ1) is 22.2. The fourth-order valence-corrected chi connectivity index (χ4v) is 3.08. The van der Waals surface area contributed by atoms with Crippen LogP contribution in [0.25, 0.3) is 0 Å². The maximum atomic E-state index is 5.55. The molecule has 0 atom stereocenters. The van der Waals surface area contributed by atoms with Crippen LogP contribution in [0.5, 0.6) is 0 Å². The van der Waals surface area contributed by atoms with Gasteiger partial charge in [0.25, 0.3) is 0 Å². The van der Waals surface area contributed by atoms with Crippen LogP contribution in [0.4, 0.5) is 0 Å². The molecule has 0 spiro atoms. The summed E-state index contributed by atoms with van der Waals surface area (Å²) in [6, 6.07) is 8.41. The summed E-state index contributed by atoms with van der Waals surface area (Å²) >= 11 is 0. The second-order valence-electron chi connectivity index (χ2n) is 6.71. The van der Waals surface area contributed by atoms with Crippen LogP contribution in [0.15, 0.2) is 29.3 Å². The SMILES string of the molecule is CCNC(=NCc1ccccc1C)NCC1(N(C)C)CCOCC1.I. The Kier molecular flexibility index (Phi) is 9.74. The molecule has 25 heavy (non-hydrogen) atoms. The maximum Gasteiger partial charge on any atom is 0.191 e. The molecule has 0 unspecified atom stereocenters. The molecule has 6 heteroatoms. The summed E-state index contributed by atoms with van der Waals surface area (Å²) in [5, 5.41) is 6.90. The third-order valence-electron chi connectivity index (χ3n) is 4.97. The minimum absolute atomic E-state index is 0. The van der Waals surface area contributed by atoms with E-state index in [4.69, 9.17) is 9.73 Å². The Morgan fingerprint density at radius 1 is 1.20 bits per heavy atom. The standard InChI is InChI=1S/C19H32N4O.HI/c1-5-20-18(21-14-17-9-7-6-8-16(17)2)22-15-19(23(3)4)10-12-24-13-11-19;/h6-9H,5,10-15H2,1-4H3,(H2,20,21,22);1H. The van der Waals surface area contributed by atoms with Gasteiger partial charge in [0.1, 0.15) is 0 Å². The normalized spacial score (nSPS) is 17.1. The molecule has 1 fully saturated rings. The van der Waals surface area contributed by atoms with Gasteiger partial charge >= 0.3 is 0 Å². The summed E-state index contributed by atoms with van der Waals surface area (Å²) in [6.07, 6.45) is 2.09. The van der Waals surface area contributed by atoms with Crippen molar-refractivity contribution >= 4 is 29.9 Å². The molecule has 5 nitrogen and oxygen atoms in total. The fourth-order valence-electron chi connectivity index (χ4n) is 3.08. The summed E-state index contributed by atoms with van der Waals surface area (Å²) < 4.78 is 5.55. The monoisotopic (exact) mass is 460 g/mol. The lowest BCUT2D eigenvalue weighted by Gasteiger charge is -2.43. The van der Waals surface area contributed by atoms with Crippen molar-refractivity contribution in [1.29, 1.82) is 0 Å². The number of benzene rings is 1. The topological polar surface area (TPSA) is 48.9 Å². The average molecular weight is 460 g/mol. The summed E-state index contributed by atoms with van der Waals surface area (Å²) in [4.78, 5) is 7.09. The minimum atomic E-state index is 0. The predicted octanol–water partition coefficient (Wildman–Crippen LogP) is 2.78. The van der Waals surface area contributed by atoms with Gasteiger partial charge in [-0.2, -0.15) is 0 Å². The molecule has 1 aliphatic rings. The summed E-state index contributed by atoms with van der Waals surface area (Å²) in [7, 11) is 4.31. The zero-order chi connectivity index (χ0) is 17.4. The largest absolute Gasteiger partial charge is 0.381 e. The minimum Gasteiger partial charge on any atom is -0.381 e. The van der Waals surface area contributed by atoms with Crippen LogP contribution in [0.1, 0.15) is 30.9 Å². The van der Waals surface area contributed by atoms with Gasteiger partial charge in [0, 0.05) is 31.8 Å². The number of halogens is 1. The van der Waals surface area contributed by atoms with E-state index in [2.05, 4.69) is 67.7 Å². The molecule has 1 aliphatic heterocycles. The summed E-state index contributed by atoms with van der Waals surface area (Å²) in [5.74, 6) is 0.883. The number of aryl methyl sites for hydroxylation is 1. The van der Waals surface area contributed by atoms with Gasteiger partial charge in [-0.05, 0) is 51.9 Å². The zero-order valence-electron chi connectivity index (χ0n) is 16.0. The number of likely N-dealkylation sites (N-methyl/N-ethyl adjacent to an activating group) is 1. The highest BCUT2D eigenvalue weighted by Gasteiger charge is 2.34. The highest BCUT2D eigenvalue weighted by Crippen LogP contribution is 2.25. The van der Waals surface area contributed by atoms with E-state index in [-0.39, 0.29) is 29.5 Å². The second-order valence-corrected chi connectivity index (χ2v) is 6.71. The number of guanidine groups is 1. The van der Waals surface area contributed by atoms with Gasteiger partial charge in [0.15, 0.2) is 5.96 Å². The van der Waals surface area contributed by atoms with E-state index in [0.29, 0.717) is 6.54 Å². The van der Waals surface area contributed by atoms with Crippen LogP contribution in [-0.2, 0) is 11.3 Å². The third kappa shape index (κ3) is 6.42. The number of rotatable bonds is 6. The van der Waals surface area contributed by atoms with Crippen LogP contribution in [0.3, 0.4) is 0 Å². The van der Waals surface area contributed by atoms with Crippen molar-refractivity contribution in [3.8, 4) is 0 Å². The molecule has 0 radical (unpaired) electrons. The van der Waals surface area contributed by atoms with Crippen molar-refractivity contribution in [2.24, 2.45) is 4.99 Å². The van der Waals surface area contributed by atoms with Crippen molar-refractivity contribution < 1.29 is 4.74 Å². The van der Waals surface area contributed by atoms with E-state index >= 15 is 0 Å². The van der Waals surface area contributed by atoms with Gasteiger partial charge in [-0.3, -0.25) is 0 Å². The molecule has 2 N–H and O–H groups in total. The molecular weight excluding hydrogens is 427 g/mol. The van der Waals surface area contributed by atoms with Gasteiger partial charge in [0.2, 0.25) is 0 Å². The summed E-state index contributed by atoms with van der Waals surface area (Å²) in [5.41, 5.74) is 2.69. The van der Waals surface area contributed by atoms with E-state index < -0.39 is 0 Å². The Morgan fingerprint density at radius 2 is 1.88 bits per heavy atom. The van der Waals surface area contributed by atoms with Crippen molar-refractivity contribution in [3.05, 3.63) is 35.4 Å². The summed E-state index contributed by atoms with van der Waals surface area (Å²) in [6.45, 7) is 8.32. The zero-order valence-corrected chi connectivity index (χ0v) is 18.3. The maximum absolute atomic E-state index is 5.55. The fraction of sp³-hybridized carbons (Fsp3) is 0.632. The molecule has 1 aromatic rings. The molecule has 0 amide bonds. The van der Waals surface area contributed by atoms with Crippen molar-refractivity contribution in [2.75, 3.05) is 40.4 Å². The van der Waals surface area contributed by atoms with Crippen LogP contribution in [0.2, 0.25) is 0 Å². The molecular formula is C19H33IN4O. The number of nitrogens with zero attached hydrogens (tertiary/aromatic N) is 2. The van der Waals surface area contributed by atoms with Gasteiger partial charge in [-0.25, -0.2) is 4.99 Å². The quantitative estimate of drug-likeness (QED) is 0.390. The number of ether oxygens (including phenoxy) is 1. The van der Waals surface area contributed by atoms with Crippen LogP contribution in [-0.4, -0.2) is 56.8 Å². The molecule has 0 saturated carbocycles. The Balaban J connectivity index is 0.00000312. The van der Waals surface area contributed by atoms with E-state index in [0.717, 1.165) is 45.1 Å². The van der Waals surface area contributed by atoms with E-state index in [9.17, 15) is 0 Å². The highest BCUT2D eigenvalue weighted by atomic mass is 127. The van der Waals surface area contributed by atoms with Crippen molar-refractivity contribution in [1.82, 2.24) is 15.5 Å². The lowest BCUT2D eigenvalue weighted by atomic mass is 9.88. The van der Waals surface area contributed by atoms with Gasteiger partial charge in [0.05, 0.1) is 6.54 Å². The van der Waals surface area contributed by atoms with Crippen LogP contribution < -0.4 is 10.6 Å². The number of hydrogen-bond donors (Lipinski definition) is 2. The first-order chi connectivity index (χ1) is 11.6. The number of aliphatic imine (C=N–C) groups is 1. The molecule has 1 heterocycles. The van der Waals surface area contributed by atoms with E-state index in [1.807, 2.05) is 0 Å². The highest BCUT2D eigenvalue weighted by molar-refractivity contribution is 14.0. The second kappa shape index (κ2) is 11.0. The lowest BCUT2D eigenvalue weighted by molar-refractivity contribution is -0.00501. The molecule has 0 aromatic heterocycles. The Labute approximate surface area is 169 Å². The lowest BCUT2D eigenvalue weighted by Crippen LogP contribution is -2.57. The molecule has 0 aliphatic carbocycles. The number of nitrogens with one attached hydrogen (secondary N) is 2. The van der Waals surface area contributed by atoms with Crippen molar-refractivity contribution in [2.45, 2.75) is 38.8 Å². The third-order valence-corrected chi connectivity index (χ3v) is 4.97. The van der Waals surface area contributed by atoms with Crippen LogP contribution in [0, 0.1) is 6.92 Å². The predicted molar refractivity (Wildman–Crippen MR) is 116 cm³/mol. The average Bonchev–Trinajstić information content (AvgIpc) is 2.59. The Bertz CT molecular complexity index is 542. The van der Waals surface area contributed by atoms with E-state index in [1.165, 1.54) is 11.1 Å². The van der Waals surface area contributed by atoms with Crippen LogP contribution >= 0.6 is 24.0 Å². The van der Waals surface area contributed by atoms with Crippen molar-refractivity contribution in [3.63, 3.8) is 0 Å². The molecule has 0 bridgehead atoms. The smallest absolute Gasteiger partial charge is 0.191 e. The first-order valence-corrected chi connectivity index (χ1v) is 8.89. The molecule has 1 saturated heterocycles. The Morgan fingerprint density at radius 3 is 2.48 bits per heavy atom. The Hall–Kier alpha value is -0.860. The molecule has 1 aromatic carbocycles. The first-order valence-electron chi connectivity index (χ1n) is 8.89.